The first-order valence-electron chi connectivity index (χ1n) is 8.53. The number of rotatable bonds is 5. The molecule has 0 aliphatic heterocycles. The number of thiophene rings is 1. The van der Waals surface area contributed by atoms with Gasteiger partial charge in [0.1, 0.15) is 4.88 Å². The van der Waals surface area contributed by atoms with Gasteiger partial charge in [0.15, 0.2) is 0 Å². The number of esters is 1. The number of carbonyl (C=O) groups is 2. The van der Waals surface area contributed by atoms with Crippen LogP contribution in [0.15, 0.2) is 18.2 Å². The topological polar surface area (TPSA) is 73.2 Å². The van der Waals surface area contributed by atoms with Gasteiger partial charge < -0.3 is 10.1 Å². The first kappa shape index (κ1) is 20.6. The highest BCUT2D eigenvalue weighted by Crippen LogP contribution is 2.37. The van der Waals surface area contributed by atoms with Crippen LogP contribution in [-0.2, 0) is 16.1 Å². The standard InChI is InChI=1S/C19H19Cl2N3O3S/c1-9(8-24-11(3)15(20)10(2)23-24)18(25)22-12-5-6-13-14(7-12)28-17(16(13)21)19(26)27-4/h5-7,9H,8H2,1-4H3,(H,22,25)/t9-/m0/s1. The first-order valence-corrected chi connectivity index (χ1v) is 10.1. The molecule has 28 heavy (non-hydrogen) atoms. The maximum absolute atomic E-state index is 12.6. The van der Waals surface area contributed by atoms with Crippen LogP contribution < -0.4 is 5.32 Å². The Balaban J connectivity index is 1.76. The number of hydrogen-bond acceptors (Lipinski definition) is 5. The summed E-state index contributed by atoms with van der Waals surface area (Å²) in [7, 11) is 1.31. The SMILES string of the molecule is COC(=O)c1sc2cc(NC(=O)[C@@H](C)Cn3nc(C)c(Cl)c3C)ccc2c1Cl. The maximum atomic E-state index is 12.6. The highest BCUT2D eigenvalue weighted by Gasteiger charge is 2.20. The number of amides is 1. The highest BCUT2D eigenvalue weighted by atomic mass is 35.5. The molecular weight excluding hydrogens is 421 g/mol. The third kappa shape index (κ3) is 3.87. The van der Waals surface area contributed by atoms with Crippen LogP contribution in [0, 0.1) is 19.8 Å². The Labute approximate surface area is 176 Å². The Bertz CT molecular complexity index is 1070. The Morgan fingerprint density at radius 3 is 2.61 bits per heavy atom. The Kier molecular flexibility index (Phi) is 5.98. The molecule has 0 aliphatic carbocycles. The molecule has 0 fully saturated rings. The summed E-state index contributed by atoms with van der Waals surface area (Å²) in [4.78, 5) is 24.7. The molecule has 3 rings (SSSR count). The molecule has 1 amide bonds. The van der Waals surface area contributed by atoms with E-state index >= 15 is 0 Å². The number of benzene rings is 1. The second-order valence-electron chi connectivity index (χ2n) is 6.50. The number of aromatic nitrogens is 2. The van der Waals surface area contributed by atoms with Crippen LogP contribution in [0.5, 0.6) is 0 Å². The predicted molar refractivity (Wildman–Crippen MR) is 113 cm³/mol. The van der Waals surface area contributed by atoms with Crippen LogP contribution >= 0.6 is 34.5 Å². The van der Waals surface area contributed by atoms with Crippen LogP contribution in [-0.4, -0.2) is 28.8 Å². The largest absolute Gasteiger partial charge is 0.465 e. The minimum Gasteiger partial charge on any atom is -0.465 e. The average molecular weight is 440 g/mol. The van der Waals surface area contributed by atoms with Gasteiger partial charge in [0.25, 0.3) is 0 Å². The zero-order valence-electron chi connectivity index (χ0n) is 15.8. The van der Waals surface area contributed by atoms with Crippen molar-refractivity contribution in [1.82, 2.24) is 9.78 Å². The number of hydrogen-bond donors (Lipinski definition) is 1. The quantitative estimate of drug-likeness (QED) is 0.562. The van der Waals surface area contributed by atoms with Crippen LogP contribution in [0.1, 0.15) is 28.0 Å². The summed E-state index contributed by atoms with van der Waals surface area (Å²) in [6.45, 7) is 5.96. The first-order chi connectivity index (χ1) is 13.2. The van der Waals surface area contributed by atoms with Gasteiger partial charge >= 0.3 is 5.97 Å². The van der Waals surface area contributed by atoms with E-state index in [2.05, 4.69) is 10.4 Å². The number of ether oxygens (including phenoxy) is 1. The number of nitrogens with one attached hydrogen (secondary N) is 1. The molecule has 6 nitrogen and oxygen atoms in total. The second-order valence-corrected chi connectivity index (χ2v) is 8.31. The fourth-order valence-corrected chi connectivity index (χ4v) is 4.43. The van der Waals surface area contributed by atoms with E-state index < -0.39 is 5.97 Å². The van der Waals surface area contributed by atoms with Gasteiger partial charge in [0.05, 0.1) is 41.0 Å². The molecule has 0 bridgehead atoms. The average Bonchev–Trinajstić information content (AvgIpc) is 3.12. The minimum absolute atomic E-state index is 0.140. The number of halogens is 2. The molecule has 9 heteroatoms. The van der Waals surface area contributed by atoms with Crippen molar-refractivity contribution in [3.05, 3.63) is 44.5 Å². The molecule has 3 aromatic rings. The third-order valence-corrected chi connectivity index (χ3v) is 6.64. The molecule has 1 N–H and O–H groups in total. The summed E-state index contributed by atoms with van der Waals surface area (Å²) in [6, 6.07) is 5.33. The fraction of sp³-hybridized carbons (Fsp3) is 0.316. The lowest BCUT2D eigenvalue weighted by Gasteiger charge is -2.13. The molecule has 2 aromatic heterocycles. The van der Waals surface area contributed by atoms with E-state index in [0.717, 1.165) is 21.5 Å². The molecular formula is C19H19Cl2N3O3S. The lowest BCUT2D eigenvalue weighted by Crippen LogP contribution is -2.25. The van der Waals surface area contributed by atoms with Gasteiger partial charge in [-0.3, -0.25) is 9.48 Å². The Morgan fingerprint density at radius 1 is 1.29 bits per heavy atom. The van der Waals surface area contributed by atoms with E-state index in [1.54, 1.807) is 22.9 Å². The summed E-state index contributed by atoms with van der Waals surface area (Å²) >= 11 is 13.7. The normalized spacial score (nSPS) is 12.2. The molecule has 2 heterocycles. The van der Waals surface area contributed by atoms with Crippen molar-refractivity contribution in [3.63, 3.8) is 0 Å². The van der Waals surface area contributed by atoms with E-state index in [1.165, 1.54) is 18.4 Å². The van der Waals surface area contributed by atoms with Gasteiger partial charge in [-0.2, -0.15) is 5.10 Å². The Hall–Kier alpha value is -2.09. The van der Waals surface area contributed by atoms with Gasteiger partial charge in [0, 0.05) is 15.8 Å². The molecule has 1 aromatic carbocycles. The van der Waals surface area contributed by atoms with Crippen molar-refractivity contribution in [3.8, 4) is 0 Å². The van der Waals surface area contributed by atoms with Crippen molar-refractivity contribution in [2.45, 2.75) is 27.3 Å². The molecule has 148 valence electrons. The van der Waals surface area contributed by atoms with E-state index in [0.29, 0.717) is 27.2 Å². The van der Waals surface area contributed by atoms with Crippen LogP contribution in [0.3, 0.4) is 0 Å². The van der Waals surface area contributed by atoms with E-state index in [9.17, 15) is 9.59 Å². The molecule has 0 spiro atoms. The molecule has 0 aliphatic rings. The van der Waals surface area contributed by atoms with Crippen LogP contribution in [0.2, 0.25) is 10.0 Å². The summed E-state index contributed by atoms with van der Waals surface area (Å²) in [5.74, 6) is -0.935. The van der Waals surface area contributed by atoms with Crippen molar-refractivity contribution in [2.75, 3.05) is 12.4 Å². The minimum atomic E-state index is -0.478. The van der Waals surface area contributed by atoms with Crippen LogP contribution in [0.25, 0.3) is 10.1 Å². The number of anilines is 1. The smallest absolute Gasteiger partial charge is 0.349 e. The summed E-state index contributed by atoms with van der Waals surface area (Å²) < 4.78 is 7.28. The van der Waals surface area contributed by atoms with Crippen molar-refractivity contribution in [2.24, 2.45) is 5.92 Å². The number of aryl methyl sites for hydroxylation is 1. The van der Waals surface area contributed by atoms with Crippen molar-refractivity contribution >= 4 is 62.2 Å². The summed E-state index contributed by atoms with van der Waals surface area (Å²) in [5, 5.41) is 8.99. The molecule has 0 unspecified atom stereocenters. The summed E-state index contributed by atoms with van der Waals surface area (Å²) in [5.41, 5.74) is 2.21. The third-order valence-electron chi connectivity index (χ3n) is 4.46. The molecule has 1 atom stereocenters. The number of methoxy groups -OCH3 is 1. The van der Waals surface area contributed by atoms with Crippen molar-refractivity contribution in [1.29, 1.82) is 0 Å². The predicted octanol–water partition coefficient (Wildman–Crippen LogP) is 5.08. The van der Waals surface area contributed by atoms with Gasteiger partial charge in [0.2, 0.25) is 5.91 Å². The van der Waals surface area contributed by atoms with E-state index in [1.807, 2.05) is 20.8 Å². The number of fused-ring (bicyclic) bond motifs is 1. The van der Waals surface area contributed by atoms with Gasteiger partial charge in [-0.05, 0) is 32.0 Å². The van der Waals surface area contributed by atoms with Gasteiger partial charge in [-0.1, -0.05) is 30.1 Å². The highest BCUT2D eigenvalue weighted by molar-refractivity contribution is 7.21. The monoisotopic (exact) mass is 439 g/mol. The van der Waals surface area contributed by atoms with Crippen LogP contribution in [0.4, 0.5) is 5.69 Å². The second kappa shape index (κ2) is 8.11. The zero-order chi connectivity index (χ0) is 20.6. The molecule has 0 radical (unpaired) electrons. The van der Waals surface area contributed by atoms with Gasteiger partial charge in [-0.15, -0.1) is 11.3 Å². The van der Waals surface area contributed by atoms with E-state index in [-0.39, 0.29) is 11.8 Å². The zero-order valence-corrected chi connectivity index (χ0v) is 18.1. The Morgan fingerprint density at radius 2 is 2.00 bits per heavy atom. The summed E-state index contributed by atoms with van der Waals surface area (Å²) in [6.07, 6.45) is 0. The lowest BCUT2D eigenvalue weighted by molar-refractivity contribution is -0.119. The maximum Gasteiger partial charge on any atom is 0.349 e. The number of carbonyl (C=O) groups excluding carboxylic acids is 2. The lowest BCUT2D eigenvalue weighted by atomic mass is 10.1. The number of nitrogens with zero attached hydrogens (tertiary/aromatic N) is 2. The molecule has 0 saturated carbocycles. The van der Waals surface area contributed by atoms with Crippen molar-refractivity contribution < 1.29 is 14.3 Å². The van der Waals surface area contributed by atoms with Gasteiger partial charge in [-0.25, -0.2) is 4.79 Å². The molecule has 0 saturated heterocycles. The fourth-order valence-electron chi connectivity index (χ4n) is 2.83. The van der Waals surface area contributed by atoms with E-state index in [4.69, 9.17) is 27.9 Å².